The predicted octanol–water partition coefficient (Wildman–Crippen LogP) is 2.46. The molecule has 0 saturated heterocycles. The maximum atomic E-state index is 6.06. The van der Waals surface area contributed by atoms with E-state index >= 15 is 0 Å². The number of aromatic nitrogens is 3. The second kappa shape index (κ2) is 4.61. The van der Waals surface area contributed by atoms with Crippen molar-refractivity contribution in [3.8, 4) is 0 Å². The van der Waals surface area contributed by atoms with E-state index in [0.29, 0.717) is 0 Å². The first-order valence-corrected chi connectivity index (χ1v) is 5.79. The number of aromatic amines is 1. The number of imidazole rings is 1. The van der Waals surface area contributed by atoms with Gasteiger partial charge in [-0.25, -0.2) is 9.97 Å². The van der Waals surface area contributed by atoms with Gasteiger partial charge < -0.3 is 10.7 Å². The van der Waals surface area contributed by atoms with E-state index in [-0.39, 0.29) is 6.04 Å². The van der Waals surface area contributed by atoms with Crippen molar-refractivity contribution >= 4 is 11.2 Å². The Kier molecular flexibility index (Phi) is 3.19. The molecule has 1 atom stereocenters. The van der Waals surface area contributed by atoms with E-state index in [1.54, 1.807) is 0 Å². The molecule has 0 aliphatic heterocycles. The Bertz CT molecular complexity index is 475. The second-order valence-electron chi connectivity index (χ2n) is 4.19. The van der Waals surface area contributed by atoms with Gasteiger partial charge in [-0.15, -0.1) is 0 Å². The van der Waals surface area contributed by atoms with Crippen LogP contribution in [0.5, 0.6) is 0 Å². The van der Waals surface area contributed by atoms with Crippen molar-refractivity contribution in [2.45, 2.75) is 39.2 Å². The van der Waals surface area contributed by atoms with Crippen LogP contribution in [0.1, 0.15) is 43.7 Å². The van der Waals surface area contributed by atoms with Crippen LogP contribution in [0.3, 0.4) is 0 Å². The van der Waals surface area contributed by atoms with E-state index < -0.39 is 0 Å². The van der Waals surface area contributed by atoms with Crippen molar-refractivity contribution in [1.29, 1.82) is 0 Å². The van der Waals surface area contributed by atoms with Gasteiger partial charge in [-0.1, -0.05) is 19.8 Å². The lowest BCUT2D eigenvalue weighted by molar-refractivity contribution is 0.581. The van der Waals surface area contributed by atoms with Crippen LogP contribution in [0.15, 0.2) is 12.1 Å². The molecule has 0 fully saturated rings. The van der Waals surface area contributed by atoms with Gasteiger partial charge >= 0.3 is 0 Å². The fourth-order valence-electron chi connectivity index (χ4n) is 1.74. The van der Waals surface area contributed by atoms with E-state index in [1.165, 1.54) is 0 Å². The van der Waals surface area contributed by atoms with Gasteiger partial charge in [0.25, 0.3) is 0 Å². The molecule has 86 valence electrons. The topological polar surface area (TPSA) is 67.6 Å². The lowest BCUT2D eigenvalue weighted by atomic mass is 10.1. The van der Waals surface area contributed by atoms with E-state index in [0.717, 1.165) is 41.9 Å². The Morgan fingerprint density at radius 2 is 2.19 bits per heavy atom. The first kappa shape index (κ1) is 11.1. The number of nitrogens with one attached hydrogen (secondary N) is 1. The molecule has 2 aromatic heterocycles. The molecular weight excluding hydrogens is 200 g/mol. The van der Waals surface area contributed by atoms with Gasteiger partial charge in [0.05, 0.1) is 11.6 Å². The van der Waals surface area contributed by atoms with Gasteiger partial charge in [-0.3, -0.25) is 0 Å². The number of aryl methyl sites for hydroxylation is 1. The number of pyridine rings is 1. The molecule has 4 heteroatoms. The minimum Gasteiger partial charge on any atom is -0.339 e. The van der Waals surface area contributed by atoms with Crippen molar-refractivity contribution in [2.24, 2.45) is 5.73 Å². The van der Waals surface area contributed by atoms with Crippen molar-refractivity contribution in [3.05, 3.63) is 23.7 Å². The molecule has 0 aliphatic carbocycles. The molecule has 2 rings (SSSR count). The number of fused-ring (bicyclic) bond motifs is 1. The van der Waals surface area contributed by atoms with Crippen LogP contribution in [0.4, 0.5) is 0 Å². The monoisotopic (exact) mass is 218 g/mol. The molecular formula is C12H18N4. The number of hydrogen-bond donors (Lipinski definition) is 2. The summed E-state index contributed by atoms with van der Waals surface area (Å²) in [6.07, 6.45) is 3.26. The van der Waals surface area contributed by atoms with Gasteiger partial charge in [0, 0.05) is 5.69 Å². The molecule has 0 aromatic carbocycles. The summed E-state index contributed by atoms with van der Waals surface area (Å²) in [4.78, 5) is 12.0. The molecule has 3 N–H and O–H groups in total. The minimum atomic E-state index is -0.00513. The van der Waals surface area contributed by atoms with E-state index in [4.69, 9.17) is 5.73 Å². The molecule has 4 nitrogen and oxygen atoms in total. The maximum absolute atomic E-state index is 6.06. The summed E-state index contributed by atoms with van der Waals surface area (Å²) in [5, 5.41) is 0. The van der Waals surface area contributed by atoms with Crippen LogP contribution in [-0.4, -0.2) is 15.0 Å². The smallest absolute Gasteiger partial charge is 0.177 e. The molecule has 0 radical (unpaired) electrons. The number of H-pyrrole nitrogens is 1. The summed E-state index contributed by atoms with van der Waals surface area (Å²) in [6, 6.07) is 3.97. The molecule has 0 amide bonds. The molecule has 1 unspecified atom stereocenters. The first-order chi connectivity index (χ1) is 7.70. The minimum absolute atomic E-state index is 0.00513. The lowest BCUT2D eigenvalue weighted by Crippen LogP contribution is -2.11. The summed E-state index contributed by atoms with van der Waals surface area (Å²) in [7, 11) is 0. The van der Waals surface area contributed by atoms with Gasteiger partial charge in [-0.05, 0) is 25.5 Å². The summed E-state index contributed by atoms with van der Waals surface area (Å²) in [5.74, 6) is 0.849. The zero-order valence-electron chi connectivity index (χ0n) is 9.83. The summed E-state index contributed by atoms with van der Waals surface area (Å²) >= 11 is 0. The number of nitrogens with two attached hydrogens (primary N) is 1. The number of unbranched alkanes of at least 4 members (excludes halogenated alkanes) is 1. The van der Waals surface area contributed by atoms with Gasteiger partial charge in [-0.2, -0.15) is 0 Å². The highest BCUT2D eigenvalue weighted by molar-refractivity contribution is 5.70. The predicted molar refractivity (Wildman–Crippen MR) is 65.1 cm³/mol. The van der Waals surface area contributed by atoms with Crippen molar-refractivity contribution in [3.63, 3.8) is 0 Å². The third kappa shape index (κ3) is 2.22. The van der Waals surface area contributed by atoms with Crippen LogP contribution in [0.25, 0.3) is 11.2 Å². The normalized spacial score (nSPS) is 13.2. The van der Waals surface area contributed by atoms with Crippen LogP contribution in [-0.2, 0) is 0 Å². The molecule has 0 spiro atoms. The highest BCUT2D eigenvalue weighted by Crippen LogP contribution is 2.17. The third-order valence-corrected chi connectivity index (χ3v) is 2.72. The lowest BCUT2D eigenvalue weighted by Gasteiger charge is -2.06. The Labute approximate surface area is 95.3 Å². The number of nitrogens with zero attached hydrogens (tertiary/aromatic N) is 2. The van der Waals surface area contributed by atoms with Gasteiger partial charge in [0.2, 0.25) is 0 Å². The fourth-order valence-corrected chi connectivity index (χ4v) is 1.74. The molecule has 0 aliphatic rings. The summed E-state index contributed by atoms with van der Waals surface area (Å²) < 4.78 is 0. The second-order valence-corrected chi connectivity index (χ2v) is 4.19. The van der Waals surface area contributed by atoms with E-state index in [9.17, 15) is 0 Å². The van der Waals surface area contributed by atoms with Crippen molar-refractivity contribution in [2.75, 3.05) is 0 Å². The quantitative estimate of drug-likeness (QED) is 0.828. The fraction of sp³-hybridized carbons (Fsp3) is 0.500. The van der Waals surface area contributed by atoms with Crippen LogP contribution in [0.2, 0.25) is 0 Å². The Balaban J connectivity index is 2.25. The van der Waals surface area contributed by atoms with Crippen LogP contribution in [0, 0.1) is 6.92 Å². The molecule has 16 heavy (non-hydrogen) atoms. The maximum Gasteiger partial charge on any atom is 0.177 e. The van der Waals surface area contributed by atoms with E-state index in [2.05, 4.69) is 21.9 Å². The van der Waals surface area contributed by atoms with Crippen molar-refractivity contribution in [1.82, 2.24) is 15.0 Å². The average molecular weight is 218 g/mol. The summed E-state index contributed by atoms with van der Waals surface area (Å²) in [5.41, 5.74) is 8.77. The standard InChI is InChI=1S/C12H18N4/c1-3-4-5-9(13)11-15-10-7-6-8(2)14-12(10)16-11/h6-7,9H,3-5,13H2,1-2H3,(H,14,15,16). The average Bonchev–Trinajstić information content (AvgIpc) is 2.68. The molecule has 0 saturated carbocycles. The third-order valence-electron chi connectivity index (χ3n) is 2.72. The summed E-state index contributed by atoms with van der Waals surface area (Å²) in [6.45, 7) is 4.13. The van der Waals surface area contributed by atoms with Gasteiger partial charge in [0.1, 0.15) is 5.82 Å². The highest BCUT2D eigenvalue weighted by Gasteiger charge is 2.11. The van der Waals surface area contributed by atoms with E-state index in [1.807, 2.05) is 19.1 Å². The Morgan fingerprint density at radius 1 is 1.38 bits per heavy atom. The zero-order chi connectivity index (χ0) is 11.5. The largest absolute Gasteiger partial charge is 0.339 e. The Morgan fingerprint density at radius 3 is 2.94 bits per heavy atom. The SMILES string of the molecule is CCCCC(N)c1nc2nc(C)ccc2[nH]1. The van der Waals surface area contributed by atoms with Gasteiger partial charge in [0.15, 0.2) is 5.65 Å². The molecule has 2 aromatic rings. The highest BCUT2D eigenvalue weighted by atomic mass is 15.0. The van der Waals surface area contributed by atoms with Crippen molar-refractivity contribution < 1.29 is 0 Å². The Hall–Kier alpha value is -1.42. The van der Waals surface area contributed by atoms with Crippen LogP contribution >= 0.6 is 0 Å². The molecule has 0 bridgehead atoms. The first-order valence-electron chi connectivity index (χ1n) is 5.79. The number of hydrogen-bond acceptors (Lipinski definition) is 3. The zero-order valence-corrected chi connectivity index (χ0v) is 9.83. The number of rotatable bonds is 4. The van der Waals surface area contributed by atoms with Crippen LogP contribution < -0.4 is 5.73 Å². The molecule has 2 heterocycles.